The minimum Gasteiger partial charge on any atom is -0.497 e. The smallest absolute Gasteiger partial charge is 0.255 e. The van der Waals surface area contributed by atoms with Crippen molar-refractivity contribution in [2.75, 3.05) is 12.4 Å². The minimum atomic E-state index is -0.209. The van der Waals surface area contributed by atoms with Crippen LogP contribution in [0.15, 0.2) is 72.8 Å². The SMILES string of the molecule is CCc1ccc(NC(=O)c2ccc(C(=O)NCc3ccc(OC)cc3)cc2)cc1. The van der Waals surface area contributed by atoms with Crippen LogP contribution in [-0.4, -0.2) is 18.9 Å². The second-order valence-electron chi connectivity index (χ2n) is 6.61. The third-order valence-electron chi connectivity index (χ3n) is 4.64. The van der Waals surface area contributed by atoms with E-state index in [0.29, 0.717) is 17.7 Å². The Morgan fingerprint density at radius 2 is 1.31 bits per heavy atom. The van der Waals surface area contributed by atoms with Gasteiger partial charge in [-0.25, -0.2) is 0 Å². The van der Waals surface area contributed by atoms with E-state index in [-0.39, 0.29) is 11.8 Å². The van der Waals surface area contributed by atoms with Gasteiger partial charge in [-0.15, -0.1) is 0 Å². The van der Waals surface area contributed by atoms with Gasteiger partial charge < -0.3 is 15.4 Å². The summed E-state index contributed by atoms with van der Waals surface area (Å²) in [5.41, 5.74) is 3.93. The van der Waals surface area contributed by atoms with Gasteiger partial charge in [0, 0.05) is 23.4 Å². The summed E-state index contributed by atoms with van der Waals surface area (Å²) >= 11 is 0. The molecule has 0 saturated heterocycles. The lowest BCUT2D eigenvalue weighted by molar-refractivity contribution is 0.0949. The molecule has 0 atom stereocenters. The van der Waals surface area contributed by atoms with E-state index in [4.69, 9.17) is 4.74 Å². The van der Waals surface area contributed by atoms with Gasteiger partial charge in [-0.2, -0.15) is 0 Å². The molecule has 3 rings (SSSR count). The van der Waals surface area contributed by atoms with Crippen LogP contribution in [0, 0.1) is 0 Å². The van der Waals surface area contributed by atoms with Crippen LogP contribution in [0.5, 0.6) is 5.75 Å². The summed E-state index contributed by atoms with van der Waals surface area (Å²) < 4.78 is 5.12. The maximum atomic E-state index is 12.4. The van der Waals surface area contributed by atoms with Crippen molar-refractivity contribution < 1.29 is 14.3 Å². The minimum absolute atomic E-state index is 0.192. The van der Waals surface area contributed by atoms with Crippen LogP contribution in [0.3, 0.4) is 0 Å². The Morgan fingerprint density at radius 3 is 1.86 bits per heavy atom. The second-order valence-corrected chi connectivity index (χ2v) is 6.61. The molecule has 3 aromatic carbocycles. The molecule has 5 nitrogen and oxygen atoms in total. The van der Waals surface area contributed by atoms with Gasteiger partial charge in [0.2, 0.25) is 0 Å². The number of ether oxygens (including phenoxy) is 1. The van der Waals surface area contributed by atoms with Gasteiger partial charge in [0.1, 0.15) is 5.75 Å². The van der Waals surface area contributed by atoms with E-state index in [2.05, 4.69) is 17.6 Å². The molecule has 0 saturated carbocycles. The number of anilines is 1. The molecule has 0 bridgehead atoms. The average molecular weight is 388 g/mol. The Balaban J connectivity index is 1.56. The number of rotatable bonds is 7. The Hall–Kier alpha value is -3.60. The molecule has 0 spiro atoms. The molecule has 0 unspecified atom stereocenters. The van der Waals surface area contributed by atoms with E-state index < -0.39 is 0 Å². The number of nitrogens with one attached hydrogen (secondary N) is 2. The van der Waals surface area contributed by atoms with Crippen LogP contribution in [0.1, 0.15) is 38.8 Å². The molecular formula is C24H24N2O3. The second kappa shape index (κ2) is 9.55. The third kappa shape index (κ3) is 5.45. The maximum Gasteiger partial charge on any atom is 0.255 e. The molecule has 3 aromatic rings. The van der Waals surface area contributed by atoms with Gasteiger partial charge in [-0.3, -0.25) is 9.59 Å². The number of amides is 2. The Kier molecular flexibility index (Phi) is 6.63. The van der Waals surface area contributed by atoms with Gasteiger partial charge in [-0.05, 0) is 66.1 Å². The summed E-state index contributed by atoms with van der Waals surface area (Å²) in [5.74, 6) is 0.373. The van der Waals surface area contributed by atoms with Crippen molar-refractivity contribution in [3.05, 3.63) is 95.1 Å². The van der Waals surface area contributed by atoms with Crippen LogP contribution < -0.4 is 15.4 Å². The zero-order chi connectivity index (χ0) is 20.6. The molecule has 0 heterocycles. The summed E-state index contributed by atoms with van der Waals surface area (Å²) in [6, 6.07) is 21.9. The lowest BCUT2D eigenvalue weighted by Gasteiger charge is -2.08. The fourth-order valence-corrected chi connectivity index (χ4v) is 2.83. The number of benzene rings is 3. The topological polar surface area (TPSA) is 67.4 Å². The van der Waals surface area contributed by atoms with Crippen LogP contribution in [0.2, 0.25) is 0 Å². The number of aryl methyl sites for hydroxylation is 1. The first-order chi connectivity index (χ1) is 14.1. The molecule has 148 valence electrons. The number of carbonyl (C=O) groups excluding carboxylic acids is 2. The van der Waals surface area contributed by atoms with Gasteiger partial charge in [0.15, 0.2) is 0 Å². The molecule has 0 aliphatic rings. The highest BCUT2D eigenvalue weighted by Crippen LogP contribution is 2.13. The van der Waals surface area contributed by atoms with Crippen molar-refractivity contribution in [3.8, 4) is 5.75 Å². The highest BCUT2D eigenvalue weighted by Gasteiger charge is 2.09. The highest BCUT2D eigenvalue weighted by atomic mass is 16.5. The summed E-state index contributed by atoms with van der Waals surface area (Å²) in [6.45, 7) is 2.50. The van der Waals surface area contributed by atoms with Crippen LogP contribution in [-0.2, 0) is 13.0 Å². The quantitative estimate of drug-likeness (QED) is 0.629. The average Bonchev–Trinajstić information content (AvgIpc) is 2.78. The predicted octanol–water partition coefficient (Wildman–Crippen LogP) is 4.44. The molecule has 2 N–H and O–H groups in total. The number of carbonyl (C=O) groups is 2. The molecule has 0 radical (unpaired) electrons. The largest absolute Gasteiger partial charge is 0.497 e. The summed E-state index contributed by atoms with van der Waals surface area (Å²) in [7, 11) is 1.61. The third-order valence-corrected chi connectivity index (χ3v) is 4.64. The molecule has 0 aliphatic heterocycles. The van der Waals surface area contributed by atoms with Crippen molar-refractivity contribution >= 4 is 17.5 Å². The van der Waals surface area contributed by atoms with Gasteiger partial charge in [-0.1, -0.05) is 31.2 Å². The summed E-state index contributed by atoms with van der Waals surface area (Å²) in [4.78, 5) is 24.7. The standard InChI is InChI=1S/C24H24N2O3/c1-3-17-4-12-21(13-5-17)26-24(28)20-10-8-19(9-11-20)23(27)25-16-18-6-14-22(29-2)15-7-18/h4-15H,3,16H2,1-2H3,(H,25,27)(H,26,28). The van der Waals surface area contributed by atoms with Crippen LogP contribution >= 0.6 is 0 Å². The maximum absolute atomic E-state index is 12.4. The Morgan fingerprint density at radius 1 is 0.759 bits per heavy atom. The van der Waals surface area contributed by atoms with Crippen LogP contribution in [0.25, 0.3) is 0 Å². The molecule has 2 amide bonds. The van der Waals surface area contributed by atoms with Crippen molar-refractivity contribution in [1.82, 2.24) is 5.32 Å². The number of hydrogen-bond acceptors (Lipinski definition) is 3. The molecule has 0 fully saturated rings. The van der Waals surface area contributed by atoms with E-state index in [1.165, 1.54) is 5.56 Å². The molecular weight excluding hydrogens is 364 g/mol. The van der Waals surface area contributed by atoms with Gasteiger partial charge >= 0.3 is 0 Å². The fourth-order valence-electron chi connectivity index (χ4n) is 2.83. The fraction of sp³-hybridized carbons (Fsp3) is 0.167. The summed E-state index contributed by atoms with van der Waals surface area (Å²) in [5, 5.41) is 5.74. The number of methoxy groups -OCH3 is 1. The van der Waals surface area contributed by atoms with E-state index in [9.17, 15) is 9.59 Å². The van der Waals surface area contributed by atoms with Crippen molar-refractivity contribution in [2.45, 2.75) is 19.9 Å². The lowest BCUT2D eigenvalue weighted by Crippen LogP contribution is -2.23. The number of hydrogen-bond donors (Lipinski definition) is 2. The van der Waals surface area contributed by atoms with Crippen LogP contribution in [0.4, 0.5) is 5.69 Å². The predicted molar refractivity (Wildman–Crippen MR) is 114 cm³/mol. The molecule has 29 heavy (non-hydrogen) atoms. The van der Waals surface area contributed by atoms with Crippen molar-refractivity contribution in [2.24, 2.45) is 0 Å². The first-order valence-corrected chi connectivity index (χ1v) is 9.50. The summed E-state index contributed by atoms with van der Waals surface area (Å²) in [6.07, 6.45) is 0.955. The molecule has 5 heteroatoms. The van der Waals surface area contributed by atoms with Crippen molar-refractivity contribution in [3.63, 3.8) is 0 Å². The van der Waals surface area contributed by atoms with E-state index in [1.54, 1.807) is 31.4 Å². The zero-order valence-electron chi connectivity index (χ0n) is 16.6. The Labute approximate surface area is 170 Å². The molecule has 0 aliphatic carbocycles. The van der Waals surface area contributed by atoms with E-state index >= 15 is 0 Å². The first-order valence-electron chi connectivity index (χ1n) is 9.50. The normalized spacial score (nSPS) is 10.3. The van der Waals surface area contributed by atoms with E-state index in [0.717, 1.165) is 23.4 Å². The van der Waals surface area contributed by atoms with Crippen molar-refractivity contribution in [1.29, 1.82) is 0 Å². The Bertz CT molecular complexity index is 963. The molecule has 0 aromatic heterocycles. The van der Waals surface area contributed by atoms with Gasteiger partial charge in [0.05, 0.1) is 7.11 Å². The highest BCUT2D eigenvalue weighted by molar-refractivity contribution is 6.05. The van der Waals surface area contributed by atoms with Gasteiger partial charge in [0.25, 0.3) is 11.8 Å². The van der Waals surface area contributed by atoms with E-state index in [1.807, 2.05) is 48.5 Å². The lowest BCUT2D eigenvalue weighted by atomic mass is 10.1. The monoisotopic (exact) mass is 388 g/mol. The zero-order valence-corrected chi connectivity index (χ0v) is 16.6. The first kappa shape index (κ1) is 20.1.